The number of carbonyl (C=O) groups excluding carboxylic acids is 1. The standard InChI is InChI=1S/C20H16ClNO4/c1-11-2-7-15-14(10-11)18(24)16-17(12-3-5-13(21)6-4-12)22(8-9-23)20(25)19(16)26-15/h2-7,10,17,23H,8-9H2,1H3. The fourth-order valence-corrected chi connectivity index (χ4v) is 3.59. The molecule has 2 heterocycles. The smallest absolute Gasteiger partial charge is 0.290 e. The van der Waals surface area contributed by atoms with Gasteiger partial charge in [-0.3, -0.25) is 9.59 Å². The Bertz CT molecular complexity index is 1070. The maximum absolute atomic E-state index is 13.2. The molecule has 1 aromatic heterocycles. The molecule has 4 rings (SSSR count). The molecule has 1 atom stereocenters. The number of rotatable bonds is 3. The van der Waals surface area contributed by atoms with Gasteiger partial charge in [-0.1, -0.05) is 35.4 Å². The number of benzene rings is 2. The molecule has 0 spiro atoms. The molecule has 26 heavy (non-hydrogen) atoms. The molecule has 0 saturated carbocycles. The fourth-order valence-electron chi connectivity index (χ4n) is 3.46. The molecule has 132 valence electrons. The zero-order valence-electron chi connectivity index (χ0n) is 14.0. The molecular formula is C20H16ClNO4. The van der Waals surface area contributed by atoms with Crippen LogP contribution in [0.4, 0.5) is 0 Å². The number of amides is 1. The van der Waals surface area contributed by atoms with Crippen molar-refractivity contribution in [3.05, 3.63) is 80.2 Å². The molecule has 1 N–H and O–H groups in total. The molecule has 0 radical (unpaired) electrons. The minimum atomic E-state index is -0.608. The third kappa shape index (κ3) is 2.52. The number of aliphatic hydroxyl groups is 1. The first kappa shape index (κ1) is 16.8. The van der Waals surface area contributed by atoms with Crippen LogP contribution in [0.25, 0.3) is 11.0 Å². The van der Waals surface area contributed by atoms with E-state index in [1.54, 1.807) is 36.4 Å². The van der Waals surface area contributed by atoms with Crippen LogP contribution in [0, 0.1) is 6.92 Å². The van der Waals surface area contributed by atoms with Crippen LogP contribution in [0.2, 0.25) is 5.02 Å². The zero-order valence-corrected chi connectivity index (χ0v) is 14.8. The van der Waals surface area contributed by atoms with E-state index in [-0.39, 0.29) is 24.3 Å². The van der Waals surface area contributed by atoms with Gasteiger partial charge in [-0.25, -0.2) is 0 Å². The van der Waals surface area contributed by atoms with E-state index in [0.717, 1.165) is 11.1 Å². The summed E-state index contributed by atoms with van der Waals surface area (Å²) in [6, 6.07) is 11.7. The first-order valence-electron chi connectivity index (χ1n) is 8.26. The van der Waals surface area contributed by atoms with E-state index in [2.05, 4.69) is 0 Å². The molecule has 1 amide bonds. The predicted molar refractivity (Wildman–Crippen MR) is 98.6 cm³/mol. The highest BCUT2D eigenvalue weighted by molar-refractivity contribution is 6.30. The van der Waals surface area contributed by atoms with Crippen LogP contribution < -0.4 is 5.43 Å². The predicted octanol–water partition coefficient (Wildman–Crippen LogP) is 3.29. The van der Waals surface area contributed by atoms with Crippen LogP contribution in [-0.2, 0) is 0 Å². The van der Waals surface area contributed by atoms with Gasteiger partial charge in [0.2, 0.25) is 5.76 Å². The van der Waals surface area contributed by atoms with Crippen LogP contribution in [0.3, 0.4) is 0 Å². The summed E-state index contributed by atoms with van der Waals surface area (Å²) in [5.41, 5.74) is 2.15. The second-order valence-corrected chi connectivity index (χ2v) is 6.79. The van der Waals surface area contributed by atoms with Crippen molar-refractivity contribution in [1.82, 2.24) is 4.90 Å². The van der Waals surface area contributed by atoms with Gasteiger partial charge in [-0.05, 0) is 36.8 Å². The maximum Gasteiger partial charge on any atom is 0.290 e. The molecule has 0 saturated heterocycles. The molecule has 0 bridgehead atoms. The summed E-state index contributed by atoms with van der Waals surface area (Å²) < 4.78 is 5.81. The minimum Gasteiger partial charge on any atom is -0.450 e. The number of carbonyl (C=O) groups is 1. The van der Waals surface area contributed by atoms with Crippen molar-refractivity contribution in [3.8, 4) is 0 Å². The Kier molecular flexibility index (Phi) is 4.05. The highest BCUT2D eigenvalue weighted by Crippen LogP contribution is 2.38. The monoisotopic (exact) mass is 369 g/mol. The molecule has 0 fully saturated rings. The Morgan fingerprint density at radius 3 is 2.58 bits per heavy atom. The summed E-state index contributed by atoms with van der Waals surface area (Å²) in [4.78, 5) is 27.5. The van der Waals surface area contributed by atoms with Gasteiger partial charge >= 0.3 is 0 Å². The van der Waals surface area contributed by atoms with Crippen molar-refractivity contribution in [2.45, 2.75) is 13.0 Å². The first-order chi connectivity index (χ1) is 12.5. The molecule has 1 aliphatic rings. The van der Waals surface area contributed by atoms with E-state index in [1.165, 1.54) is 4.90 Å². The molecule has 6 heteroatoms. The number of nitrogens with zero attached hydrogens (tertiary/aromatic N) is 1. The van der Waals surface area contributed by atoms with Crippen molar-refractivity contribution in [2.24, 2.45) is 0 Å². The summed E-state index contributed by atoms with van der Waals surface area (Å²) >= 11 is 5.97. The number of fused-ring (bicyclic) bond motifs is 2. The van der Waals surface area contributed by atoms with Crippen LogP contribution >= 0.6 is 11.6 Å². The van der Waals surface area contributed by atoms with E-state index in [9.17, 15) is 14.7 Å². The normalized spacial score (nSPS) is 16.3. The van der Waals surface area contributed by atoms with Crippen molar-refractivity contribution in [3.63, 3.8) is 0 Å². The summed E-state index contributed by atoms with van der Waals surface area (Å²) in [6.45, 7) is 1.79. The quantitative estimate of drug-likeness (QED) is 0.769. The summed E-state index contributed by atoms with van der Waals surface area (Å²) in [5.74, 6) is -0.353. The molecular weight excluding hydrogens is 354 g/mol. The van der Waals surface area contributed by atoms with Crippen molar-refractivity contribution in [1.29, 1.82) is 0 Å². The zero-order chi connectivity index (χ0) is 18.4. The number of β-amino-alcohol motifs (C(OH)–C–C–N with tert-alkyl or cyclic N) is 1. The number of hydrogen-bond acceptors (Lipinski definition) is 4. The second-order valence-electron chi connectivity index (χ2n) is 6.35. The highest BCUT2D eigenvalue weighted by Gasteiger charge is 2.42. The van der Waals surface area contributed by atoms with Gasteiger partial charge in [0.05, 0.1) is 23.6 Å². The number of aryl methyl sites for hydroxylation is 1. The first-order valence-corrected chi connectivity index (χ1v) is 8.63. The number of aliphatic hydroxyl groups excluding tert-OH is 1. The largest absolute Gasteiger partial charge is 0.450 e. The lowest BCUT2D eigenvalue weighted by molar-refractivity contribution is 0.0691. The van der Waals surface area contributed by atoms with E-state index < -0.39 is 11.9 Å². The fraction of sp³-hybridized carbons (Fsp3) is 0.200. The summed E-state index contributed by atoms with van der Waals surface area (Å²) in [5, 5.41) is 10.4. The number of hydrogen-bond donors (Lipinski definition) is 1. The lowest BCUT2D eigenvalue weighted by Gasteiger charge is -2.24. The number of halogens is 1. The van der Waals surface area contributed by atoms with Crippen LogP contribution in [0.5, 0.6) is 0 Å². The van der Waals surface area contributed by atoms with E-state index in [1.807, 2.05) is 13.0 Å². The van der Waals surface area contributed by atoms with Gasteiger partial charge in [0, 0.05) is 11.6 Å². The Hall–Kier alpha value is -2.63. The average Bonchev–Trinajstić information content (AvgIpc) is 2.90. The Morgan fingerprint density at radius 2 is 1.88 bits per heavy atom. The van der Waals surface area contributed by atoms with E-state index in [4.69, 9.17) is 16.0 Å². The molecule has 2 aromatic carbocycles. The van der Waals surface area contributed by atoms with Gasteiger partial charge < -0.3 is 14.4 Å². The van der Waals surface area contributed by atoms with E-state index >= 15 is 0 Å². The average molecular weight is 370 g/mol. The third-order valence-electron chi connectivity index (χ3n) is 4.65. The Labute approximate surface area is 154 Å². The van der Waals surface area contributed by atoms with Crippen molar-refractivity contribution < 1.29 is 14.3 Å². The van der Waals surface area contributed by atoms with Crippen molar-refractivity contribution in [2.75, 3.05) is 13.2 Å². The SMILES string of the molecule is Cc1ccc2oc3c(c(=O)c2c1)C(c1ccc(Cl)cc1)N(CCO)C3=O. The van der Waals surface area contributed by atoms with Gasteiger partial charge in [-0.15, -0.1) is 0 Å². The van der Waals surface area contributed by atoms with E-state index in [0.29, 0.717) is 21.6 Å². The van der Waals surface area contributed by atoms with Crippen molar-refractivity contribution >= 4 is 28.5 Å². The molecule has 1 unspecified atom stereocenters. The molecule has 5 nitrogen and oxygen atoms in total. The topological polar surface area (TPSA) is 70.8 Å². The van der Waals surface area contributed by atoms with Gasteiger partial charge in [-0.2, -0.15) is 0 Å². The lowest BCUT2D eigenvalue weighted by Crippen LogP contribution is -2.32. The Morgan fingerprint density at radius 1 is 1.15 bits per heavy atom. The minimum absolute atomic E-state index is 0.0414. The van der Waals surface area contributed by atoms with Crippen LogP contribution in [-0.4, -0.2) is 29.1 Å². The molecule has 3 aromatic rings. The highest BCUT2D eigenvalue weighted by atomic mass is 35.5. The third-order valence-corrected chi connectivity index (χ3v) is 4.90. The second kappa shape index (κ2) is 6.27. The molecule has 1 aliphatic heterocycles. The summed E-state index contributed by atoms with van der Waals surface area (Å²) in [6.07, 6.45) is 0. The lowest BCUT2D eigenvalue weighted by atomic mass is 9.98. The van der Waals surface area contributed by atoms with Gasteiger partial charge in [0.15, 0.2) is 5.43 Å². The summed E-state index contributed by atoms with van der Waals surface area (Å²) in [7, 11) is 0. The Balaban J connectivity index is 2.01. The van der Waals surface area contributed by atoms with Crippen LogP contribution in [0.1, 0.15) is 33.3 Å². The van der Waals surface area contributed by atoms with Crippen LogP contribution in [0.15, 0.2) is 51.7 Å². The molecule has 0 aliphatic carbocycles. The van der Waals surface area contributed by atoms with Gasteiger partial charge in [0.1, 0.15) is 5.58 Å². The van der Waals surface area contributed by atoms with Gasteiger partial charge in [0.25, 0.3) is 5.91 Å². The maximum atomic E-state index is 13.2.